The molecule has 4 heteroatoms. The van der Waals surface area contributed by atoms with E-state index in [-0.39, 0.29) is 23.8 Å². The highest BCUT2D eigenvalue weighted by molar-refractivity contribution is 5.94. The Morgan fingerprint density at radius 3 is 1.24 bits per heavy atom. The zero-order chi connectivity index (χ0) is 24.6. The van der Waals surface area contributed by atoms with Crippen LogP contribution >= 0.6 is 0 Å². The maximum absolute atomic E-state index is 13.4. The molecule has 4 rings (SSSR count). The lowest BCUT2D eigenvalue weighted by atomic mass is 9.71. The average molecular weight is 463 g/mol. The molecule has 2 aliphatic carbocycles. The number of fused-ring (bicyclic) bond motifs is 3. The Morgan fingerprint density at radius 1 is 0.588 bits per heavy atom. The molecule has 0 amide bonds. The summed E-state index contributed by atoms with van der Waals surface area (Å²) in [6.07, 6.45) is 5.52. The molecule has 0 aromatic heterocycles. The summed E-state index contributed by atoms with van der Waals surface area (Å²) in [5.41, 5.74) is 7.25. The molecule has 0 saturated heterocycles. The molecule has 2 aromatic carbocycles. The summed E-state index contributed by atoms with van der Waals surface area (Å²) in [5.74, 6) is -0.140. The zero-order valence-electron chi connectivity index (χ0n) is 21.5. The summed E-state index contributed by atoms with van der Waals surface area (Å²) in [6.45, 7) is 11.9. The molecule has 4 nitrogen and oxygen atoms in total. The van der Waals surface area contributed by atoms with Gasteiger partial charge in [0, 0.05) is 0 Å². The van der Waals surface area contributed by atoms with E-state index in [0.717, 1.165) is 71.9 Å². The highest BCUT2D eigenvalue weighted by Gasteiger charge is 2.45. The summed E-state index contributed by atoms with van der Waals surface area (Å²) < 4.78 is 12.5. The van der Waals surface area contributed by atoms with Gasteiger partial charge in [-0.2, -0.15) is 0 Å². The van der Waals surface area contributed by atoms with Crippen LogP contribution in [-0.4, -0.2) is 24.1 Å². The Hall–Kier alpha value is -2.62. The van der Waals surface area contributed by atoms with E-state index in [1.54, 1.807) is 0 Å². The second kappa shape index (κ2) is 9.93. The van der Waals surface area contributed by atoms with Crippen molar-refractivity contribution in [3.05, 3.63) is 68.8 Å². The van der Waals surface area contributed by atoms with Crippen molar-refractivity contribution in [1.29, 1.82) is 0 Å². The van der Waals surface area contributed by atoms with Gasteiger partial charge in [0.05, 0.1) is 11.1 Å². The van der Waals surface area contributed by atoms with Gasteiger partial charge in [0.15, 0.2) is 0 Å². The van der Waals surface area contributed by atoms with Gasteiger partial charge in [0.25, 0.3) is 0 Å². The van der Waals surface area contributed by atoms with Gasteiger partial charge < -0.3 is 9.47 Å². The largest absolute Gasteiger partial charge is 0.455 e. The van der Waals surface area contributed by atoms with E-state index in [4.69, 9.17) is 9.47 Å². The fraction of sp³-hybridized carbons (Fsp3) is 0.533. The minimum Gasteiger partial charge on any atom is -0.455 e. The molecule has 2 aromatic rings. The van der Waals surface area contributed by atoms with Gasteiger partial charge in [-0.3, -0.25) is 0 Å². The fourth-order valence-corrected chi connectivity index (χ4v) is 6.42. The van der Waals surface area contributed by atoms with E-state index in [0.29, 0.717) is 11.1 Å². The predicted molar refractivity (Wildman–Crippen MR) is 134 cm³/mol. The number of esters is 2. The number of hydrogen-bond acceptors (Lipinski definition) is 4. The Kier molecular flexibility index (Phi) is 7.16. The topological polar surface area (TPSA) is 52.6 Å². The Balaban J connectivity index is 1.64. The molecule has 0 spiro atoms. The van der Waals surface area contributed by atoms with Gasteiger partial charge in [0.2, 0.25) is 0 Å². The van der Waals surface area contributed by atoms with E-state index in [9.17, 15) is 9.59 Å². The van der Waals surface area contributed by atoms with Gasteiger partial charge >= 0.3 is 11.9 Å². The van der Waals surface area contributed by atoms with Crippen molar-refractivity contribution in [2.45, 2.75) is 92.3 Å². The van der Waals surface area contributed by atoms with Crippen LogP contribution in [0, 0.1) is 53.4 Å². The van der Waals surface area contributed by atoms with Crippen LogP contribution in [0.15, 0.2) is 24.3 Å². The average Bonchev–Trinajstić information content (AvgIpc) is 2.69. The maximum Gasteiger partial charge on any atom is 0.339 e. The first-order chi connectivity index (χ1) is 16.2. The molecular weight excluding hydrogens is 424 g/mol. The fourth-order valence-electron chi connectivity index (χ4n) is 6.42. The third-order valence-corrected chi connectivity index (χ3v) is 7.81. The third kappa shape index (κ3) is 4.92. The summed E-state index contributed by atoms with van der Waals surface area (Å²) in [4.78, 5) is 26.8. The Bertz CT molecular complexity index is 961. The number of rotatable bonds is 4. The Morgan fingerprint density at radius 2 is 0.912 bits per heavy atom. The number of aryl methyl sites for hydroxylation is 6. The summed E-state index contributed by atoms with van der Waals surface area (Å²) in [5, 5.41) is 0. The number of carbonyl (C=O) groups is 2. The van der Waals surface area contributed by atoms with Gasteiger partial charge in [-0.15, -0.1) is 0 Å². The first-order valence-corrected chi connectivity index (χ1v) is 12.7. The van der Waals surface area contributed by atoms with Crippen LogP contribution in [0.25, 0.3) is 0 Å². The molecule has 0 aliphatic heterocycles. The molecular formula is C30H38O4. The lowest BCUT2D eigenvalue weighted by molar-refractivity contribution is -0.105. The van der Waals surface area contributed by atoms with Gasteiger partial charge in [-0.1, -0.05) is 48.2 Å². The van der Waals surface area contributed by atoms with Crippen molar-refractivity contribution in [3.8, 4) is 0 Å². The van der Waals surface area contributed by atoms with Crippen LogP contribution < -0.4 is 0 Å². The van der Waals surface area contributed by atoms with Gasteiger partial charge in [-0.25, -0.2) is 9.59 Å². The van der Waals surface area contributed by atoms with E-state index >= 15 is 0 Å². The molecule has 0 heterocycles. The molecule has 34 heavy (non-hydrogen) atoms. The molecule has 2 saturated carbocycles. The number of hydrogen-bond donors (Lipinski definition) is 0. The van der Waals surface area contributed by atoms with E-state index in [1.165, 1.54) is 0 Å². The van der Waals surface area contributed by atoms with Crippen molar-refractivity contribution < 1.29 is 19.1 Å². The number of ether oxygens (including phenoxy) is 2. The minimum atomic E-state index is -0.401. The van der Waals surface area contributed by atoms with Crippen LogP contribution in [0.3, 0.4) is 0 Å². The van der Waals surface area contributed by atoms with Crippen LogP contribution in [0.1, 0.15) is 92.6 Å². The monoisotopic (exact) mass is 462 g/mol. The molecule has 4 atom stereocenters. The quantitative estimate of drug-likeness (QED) is 0.464. The van der Waals surface area contributed by atoms with Crippen molar-refractivity contribution in [2.24, 2.45) is 11.8 Å². The highest BCUT2D eigenvalue weighted by Crippen LogP contribution is 2.42. The highest BCUT2D eigenvalue weighted by atomic mass is 16.6. The predicted octanol–water partition coefficient (Wildman–Crippen LogP) is 6.89. The lowest BCUT2D eigenvalue weighted by Gasteiger charge is -2.43. The van der Waals surface area contributed by atoms with Gasteiger partial charge in [0.1, 0.15) is 12.2 Å². The summed E-state index contributed by atoms with van der Waals surface area (Å²) in [7, 11) is 0. The number of carbonyl (C=O) groups excluding carboxylic acids is 2. The van der Waals surface area contributed by atoms with E-state index in [1.807, 2.05) is 65.8 Å². The standard InChI is InChI=1S/C30H38O4/c1-17-13-19(3)25(20(4)14-17)29(31)33-27-23-9-7-8-10-24(12-11-23)28(27)34-30(32)26-21(5)15-18(2)16-22(26)6/h13-16,23-24,27-28H,7-12H2,1-6H3. The second-order valence-electron chi connectivity index (χ2n) is 10.7. The smallest absolute Gasteiger partial charge is 0.339 e. The maximum atomic E-state index is 13.4. The van der Waals surface area contributed by atoms with Crippen LogP contribution in [0.5, 0.6) is 0 Å². The summed E-state index contributed by atoms with van der Waals surface area (Å²) >= 11 is 0. The summed E-state index contributed by atoms with van der Waals surface area (Å²) in [6, 6.07) is 8.09. The van der Waals surface area contributed by atoms with Gasteiger partial charge in [-0.05, 0) is 101 Å². The van der Waals surface area contributed by atoms with Crippen LogP contribution in [-0.2, 0) is 9.47 Å². The third-order valence-electron chi connectivity index (χ3n) is 7.81. The minimum absolute atomic E-state index is 0.226. The van der Waals surface area contributed by atoms with E-state index in [2.05, 4.69) is 0 Å². The van der Waals surface area contributed by atoms with E-state index < -0.39 is 12.2 Å². The first-order valence-electron chi connectivity index (χ1n) is 12.7. The SMILES string of the molecule is Cc1cc(C)c(C(=O)OC2C3CCCCC(CC3)C2OC(=O)c2c(C)cc(C)cc2C)c(C)c1. The van der Waals surface area contributed by atoms with Crippen molar-refractivity contribution in [2.75, 3.05) is 0 Å². The van der Waals surface area contributed by atoms with Crippen molar-refractivity contribution in [3.63, 3.8) is 0 Å². The zero-order valence-corrected chi connectivity index (χ0v) is 21.5. The van der Waals surface area contributed by atoms with Crippen LogP contribution in [0.4, 0.5) is 0 Å². The first kappa shape index (κ1) is 24.5. The molecule has 0 N–H and O–H groups in total. The molecule has 2 aliphatic rings. The number of benzene rings is 2. The molecule has 4 unspecified atom stereocenters. The molecule has 2 fully saturated rings. The Labute approximate surface area is 204 Å². The normalized spacial score (nSPS) is 24.3. The second-order valence-corrected chi connectivity index (χ2v) is 10.7. The molecule has 182 valence electrons. The molecule has 2 bridgehead atoms. The van der Waals surface area contributed by atoms with Crippen molar-refractivity contribution >= 4 is 11.9 Å². The van der Waals surface area contributed by atoms with Crippen molar-refractivity contribution in [1.82, 2.24) is 0 Å². The van der Waals surface area contributed by atoms with Crippen LogP contribution in [0.2, 0.25) is 0 Å². The molecule has 0 radical (unpaired) electrons. The lowest BCUT2D eigenvalue weighted by Crippen LogP contribution is -2.49.